The molecule has 0 saturated heterocycles. The molecule has 1 saturated carbocycles. The van der Waals surface area contributed by atoms with Crippen LogP contribution >= 0.6 is 0 Å². The molecule has 2 nitrogen and oxygen atoms in total. The van der Waals surface area contributed by atoms with Crippen LogP contribution in [0.5, 0.6) is 0 Å². The fraction of sp³-hybridized carbons (Fsp3) is 0.846. The highest BCUT2D eigenvalue weighted by molar-refractivity contribution is 5.85. The van der Waals surface area contributed by atoms with Crippen LogP contribution in [0.4, 0.5) is 0 Å². The second-order valence-corrected chi connectivity index (χ2v) is 4.56. The van der Waals surface area contributed by atoms with Crippen molar-refractivity contribution in [1.29, 1.82) is 5.26 Å². The fourth-order valence-corrected chi connectivity index (χ4v) is 2.41. The Morgan fingerprint density at radius 3 is 2.40 bits per heavy atom. The minimum Gasteiger partial charge on any atom is -0.298 e. The molecule has 1 unspecified atom stereocenters. The van der Waals surface area contributed by atoms with Crippen LogP contribution in [0.1, 0.15) is 58.3 Å². The summed E-state index contributed by atoms with van der Waals surface area (Å²) in [4.78, 5) is 12.0. The van der Waals surface area contributed by atoms with Gasteiger partial charge in [0.15, 0.2) is 5.78 Å². The first-order valence-electron chi connectivity index (χ1n) is 6.23. The Morgan fingerprint density at radius 1 is 1.33 bits per heavy atom. The van der Waals surface area contributed by atoms with Gasteiger partial charge in [-0.1, -0.05) is 39.0 Å². The molecule has 0 aromatic carbocycles. The van der Waals surface area contributed by atoms with Crippen molar-refractivity contribution in [2.45, 2.75) is 58.3 Å². The van der Waals surface area contributed by atoms with E-state index in [2.05, 4.69) is 6.07 Å². The van der Waals surface area contributed by atoms with E-state index in [1.54, 1.807) is 0 Å². The maximum Gasteiger partial charge on any atom is 0.153 e. The van der Waals surface area contributed by atoms with Gasteiger partial charge < -0.3 is 0 Å². The average molecular weight is 207 g/mol. The number of Topliss-reactive ketones (excluding diaryl/α,β-unsaturated/α-hetero) is 1. The van der Waals surface area contributed by atoms with Crippen LogP contribution in [0.2, 0.25) is 0 Å². The number of rotatable bonds is 4. The summed E-state index contributed by atoms with van der Waals surface area (Å²) in [5, 5.41) is 8.96. The van der Waals surface area contributed by atoms with Crippen molar-refractivity contribution < 1.29 is 4.79 Å². The molecule has 1 rings (SSSR count). The van der Waals surface area contributed by atoms with Gasteiger partial charge >= 0.3 is 0 Å². The summed E-state index contributed by atoms with van der Waals surface area (Å²) in [6.45, 7) is 2.03. The average Bonchev–Trinajstić information content (AvgIpc) is 2.53. The molecule has 1 atom stereocenters. The van der Waals surface area contributed by atoms with Crippen LogP contribution in [-0.4, -0.2) is 5.78 Å². The minimum atomic E-state index is -0.335. The van der Waals surface area contributed by atoms with Gasteiger partial charge in [0.25, 0.3) is 0 Å². The highest BCUT2D eigenvalue weighted by Gasteiger charge is 2.26. The second kappa shape index (κ2) is 6.61. The van der Waals surface area contributed by atoms with Crippen LogP contribution in [0, 0.1) is 23.2 Å². The summed E-state index contributed by atoms with van der Waals surface area (Å²) in [6, 6.07) is 2.17. The Morgan fingerprint density at radius 2 is 1.93 bits per heavy atom. The topological polar surface area (TPSA) is 40.9 Å². The van der Waals surface area contributed by atoms with Crippen molar-refractivity contribution in [3.8, 4) is 6.07 Å². The molecule has 0 spiro atoms. The molecule has 1 fully saturated rings. The molecule has 84 valence electrons. The van der Waals surface area contributed by atoms with E-state index in [1.165, 1.54) is 25.7 Å². The Balaban J connectivity index is 2.52. The van der Waals surface area contributed by atoms with Gasteiger partial charge in [-0.05, 0) is 19.3 Å². The number of carbonyl (C=O) groups excluding carboxylic acids is 1. The molecular weight excluding hydrogens is 186 g/mol. The first kappa shape index (κ1) is 12.2. The molecule has 2 heteroatoms. The van der Waals surface area contributed by atoms with Crippen molar-refractivity contribution in [2.75, 3.05) is 0 Å². The van der Waals surface area contributed by atoms with Gasteiger partial charge in [-0.2, -0.15) is 5.26 Å². The lowest BCUT2D eigenvalue weighted by molar-refractivity contribution is -0.125. The first-order chi connectivity index (χ1) is 7.29. The zero-order chi connectivity index (χ0) is 11.1. The maximum atomic E-state index is 12.0. The molecule has 1 aliphatic rings. The SMILES string of the molecule is CCCC(C#N)C(=O)C1CCCCCC1. The zero-order valence-corrected chi connectivity index (χ0v) is 9.67. The number of nitrogens with zero attached hydrogens (tertiary/aromatic N) is 1. The maximum absolute atomic E-state index is 12.0. The highest BCUT2D eigenvalue weighted by Crippen LogP contribution is 2.26. The number of hydrogen-bond donors (Lipinski definition) is 0. The molecule has 0 heterocycles. The summed E-state index contributed by atoms with van der Waals surface area (Å²) in [6.07, 6.45) is 8.55. The van der Waals surface area contributed by atoms with Crippen molar-refractivity contribution in [1.82, 2.24) is 0 Å². The molecular formula is C13H21NO. The Labute approximate surface area is 92.7 Å². The molecule has 0 aromatic heterocycles. The normalized spacial score (nSPS) is 20.3. The van der Waals surface area contributed by atoms with E-state index in [1.807, 2.05) is 6.92 Å². The van der Waals surface area contributed by atoms with Gasteiger partial charge in [0.1, 0.15) is 5.92 Å². The van der Waals surface area contributed by atoms with Gasteiger partial charge in [0, 0.05) is 5.92 Å². The Kier molecular flexibility index (Phi) is 5.39. The minimum absolute atomic E-state index is 0.184. The van der Waals surface area contributed by atoms with Crippen LogP contribution < -0.4 is 0 Å². The quantitative estimate of drug-likeness (QED) is 0.662. The van der Waals surface area contributed by atoms with Gasteiger partial charge in [-0.3, -0.25) is 4.79 Å². The lowest BCUT2D eigenvalue weighted by atomic mass is 9.86. The van der Waals surface area contributed by atoms with E-state index in [0.29, 0.717) is 0 Å². The lowest BCUT2D eigenvalue weighted by Gasteiger charge is -2.15. The summed E-state index contributed by atoms with van der Waals surface area (Å²) >= 11 is 0. The Bertz CT molecular complexity index is 233. The molecule has 15 heavy (non-hydrogen) atoms. The highest BCUT2D eigenvalue weighted by atomic mass is 16.1. The predicted octanol–water partition coefficient (Wildman–Crippen LogP) is 3.47. The second-order valence-electron chi connectivity index (χ2n) is 4.56. The van der Waals surface area contributed by atoms with E-state index >= 15 is 0 Å². The smallest absolute Gasteiger partial charge is 0.153 e. The third kappa shape index (κ3) is 3.66. The number of carbonyl (C=O) groups is 1. The molecule has 0 aromatic rings. The van der Waals surface area contributed by atoms with Crippen LogP contribution in [0.3, 0.4) is 0 Å². The van der Waals surface area contributed by atoms with Gasteiger partial charge in [-0.25, -0.2) is 0 Å². The molecule has 0 radical (unpaired) electrons. The first-order valence-corrected chi connectivity index (χ1v) is 6.23. The van der Waals surface area contributed by atoms with E-state index in [0.717, 1.165) is 25.7 Å². The van der Waals surface area contributed by atoms with E-state index in [-0.39, 0.29) is 17.6 Å². The van der Waals surface area contributed by atoms with Gasteiger partial charge in [0.2, 0.25) is 0 Å². The largest absolute Gasteiger partial charge is 0.298 e. The van der Waals surface area contributed by atoms with Gasteiger partial charge in [-0.15, -0.1) is 0 Å². The fourth-order valence-electron chi connectivity index (χ4n) is 2.41. The van der Waals surface area contributed by atoms with Crippen molar-refractivity contribution in [2.24, 2.45) is 11.8 Å². The summed E-state index contributed by atoms with van der Waals surface area (Å²) in [7, 11) is 0. The van der Waals surface area contributed by atoms with Crippen LogP contribution in [0.25, 0.3) is 0 Å². The molecule has 0 bridgehead atoms. The third-order valence-electron chi connectivity index (χ3n) is 3.33. The van der Waals surface area contributed by atoms with Crippen molar-refractivity contribution >= 4 is 5.78 Å². The van der Waals surface area contributed by atoms with Gasteiger partial charge in [0.05, 0.1) is 6.07 Å². The van der Waals surface area contributed by atoms with Crippen LogP contribution in [-0.2, 0) is 4.79 Å². The number of hydrogen-bond acceptors (Lipinski definition) is 2. The third-order valence-corrected chi connectivity index (χ3v) is 3.33. The molecule has 1 aliphatic carbocycles. The summed E-state index contributed by atoms with van der Waals surface area (Å²) in [5.41, 5.74) is 0. The molecule has 0 aliphatic heterocycles. The van der Waals surface area contributed by atoms with E-state index < -0.39 is 0 Å². The molecule has 0 N–H and O–H groups in total. The van der Waals surface area contributed by atoms with Crippen molar-refractivity contribution in [3.63, 3.8) is 0 Å². The monoisotopic (exact) mass is 207 g/mol. The number of nitriles is 1. The number of ketones is 1. The lowest BCUT2D eigenvalue weighted by Crippen LogP contribution is -2.22. The predicted molar refractivity (Wildman–Crippen MR) is 60.2 cm³/mol. The van der Waals surface area contributed by atoms with Crippen LogP contribution in [0.15, 0.2) is 0 Å². The molecule has 0 amide bonds. The Hall–Kier alpha value is -0.840. The van der Waals surface area contributed by atoms with E-state index in [4.69, 9.17) is 5.26 Å². The zero-order valence-electron chi connectivity index (χ0n) is 9.67. The standard InChI is InChI=1S/C13H21NO/c1-2-7-12(10-14)13(15)11-8-5-3-4-6-9-11/h11-12H,2-9H2,1H3. The van der Waals surface area contributed by atoms with Crippen molar-refractivity contribution in [3.05, 3.63) is 0 Å². The summed E-state index contributed by atoms with van der Waals surface area (Å²) in [5.74, 6) is 0.0723. The summed E-state index contributed by atoms with van der Waals surface area (Å²) < 4.78 is 0. The van der Waals surface area contributed by atoms with E-state index in [9.17, 15) is 4.79 Å².